The van der Waals surface area contributed by atoms with E-state index in [0.29, 0.717) is 15.6 Å². The molecule has 1 aromatic rings. The second-order valence-corrected chi connectivity index (χ2v) is 5.17. The summed E-state index contributed by atoms with van der Waals surface area (Å²) in [6.45, 7) is 0. The molecule has 5 heteroatoms. The second-order valence-electron chi connectivity index (χ2n) is 4.39. The molecule has 3 nitrogen and oxygen atoms in total. The molecule has 0 atom stereocenters. The summed E-state index contributed by atoms with van der Waals surface area (Å²) in [7, 11) is 3.02. The molecule has 0 aromatic heterocycles. The Morgan fingerprint density at radius 2 is 1.86 bits per heavy atom. The fourth-order valence-corrected chi connectivity index (χ4v) is 2.41. The predicted molar refractivity (Wildman–Crippen MR) is 84.5 cm³/mol. The van der Waals surface area contributed by atoms with Crippen LogP contribution in [0.4, 0.5) is 0 Å². The number of ketones is 1. The summed E-state index contributed by atoms with van der Waals surface area (Å²) in [6.07, 6.45) is 7.94. The summed E-state index contributed by atoms with van der Waals surface area (Å²) in [5.41, 5.74) is 1.32. The fraction of sp³-hybridized carbons (Fsp3) is 0.188. The summed E-state index contributed by atoms with van der Waals surface area (Å²) >= 11 is 12.1. The number of rotatable bonds is 4. The highest BCUT2D eigenvalue weighted by Gasteiger charge is 2.33. The smallest absolute Gasteiger partial charge is 0.215 e. The highest BCUT2D eigenvalue weighted by molar-refractivity contribution is 6.42. The van der Waals surface area contributed by atoms with E-state index in [2.05, 4.69) is 0 Å². The van der Waals surface area contributed by atoms with Crippen molar-refractivity contribution in [3.05, 3.63) is 63.7 Å². The van der Waals surface area contributed by atoms with E-state index in [1.54, 1.807) is 30.4 Å². The second kappa shape index (κ2) is 6.58. The highest BCUT2D eigenvalue weighted by atomic mass is 35.5. The molecule has 0 aliphatic heterocycles. The van der Waals surface area contributed by atoms with Gasteiger partial charge in [0.15, 0.2) is 5.78 Å². The summed E-state index contributed by atoms with van der Waals surface area (Å²) in [5.74, 6) is -1.20. The molecule has 0 spiro atoms. The molecule has 0 saturated carbocycles. The number of carbonyl (C=O) groups is 1. The SMILES string of the molecule is COC1(OC)C=CC(=O)C=C1/C=C/c1cccc(Cl)c1Cl. The average molecular weight is 325 g/mol. The molecule has 110 valence electrons. The lowest BCUT2D eigenvalue weighted by Gasteiger charge is -2.30. The molecular formula is C16H14Cl2O3. The van der Waals surface area contributed by atoms with Crippen LogP contribution in [0, 0.1) is 0 Å². The third-order valence-electron chi connectivity index (χ3n) is 3.20. The Hall–Kier alpha value is -1.39. The van der Waals surface area contributed by atoms with E-state index < -0.39 is 5.79 Å². The number of halogens is 2. The van der Waals surface area contributed by atoms with Gasteiger partial charge in [0.2, 0.25) is 5.79 Å². The number of allylic oxidation sites excluding steroid dienone is 2. The van der Waals surface area contributed by atoms with E-state index in [1.807, 2.05) is 6.07 Å². The molecule has 1 aliphatic carbocycles. The van der Waals surface area contributed by atoms with E-state index in [0.717, 1.165) is 5.56 Å². The first-order valence-corrected chi connectivity index (χ1v) is 6.96. The first kappa shape index (κ1) is 16.0. The van der Waals surface area contributed by atoms with Crippen molar-refractivity contribution in [3.63, 3.8) is 0 Å². The number of hydrogen-bond donors (Lipinski definition) is 0. The largest absolute Gasteiger partial charge is 0.346 e. The van der Waals surface area contributed by atoms with Gasteiger partial charge in [0.05, 0.1) is 10.0 Å². The summed E-state index contributed by atoms with van der Waals surface area (Å²) in [4.78, 5) is 11.6. The van der Waals surface area contributed by atoms with Crippen molar-refractivity contribution in [1.82, 2.24) is 0 Å². The van der Waals surface area contributed by atoms with Crippen LogP contribution in [-0.4, -0.2) is 25.8 Å². The Balaban J connectivity index is 2.38. The van der Waals surface area contributed by atoms with E-state index in [9.17, 15) is 4.79 Å². The van der Waals surface area contributed by atoms with Crippen LogP contribution in [0.25, 0.3) is 6.08 Å². The fourth-order valence-electron chi connectivity index (χ4n) is 2.04. The van der Waals surface area contributed by atoms with Crippen molar-refractivity contribution in [1.29, 1.82) is 0 Å². The quantitative estimate of drug-likeness (QED) is 0.783. The van der Waals surface area contributed by atoms with Crippen molar-refractivity contribution in [3.8, 4) is 0 Å². The molecular weight excluding hydrogens is 311 g/mol. The van der Waals surface area contributed by atoms with Crippen LogP contribution in [0.15, 0.2) is 48.1 Å². The molecule has 0 fully saturated rings. The van der Waals surface area contributed by atoms with Gasteiger partial charge in [-0.25, -0.2) is 0 Å². The van der Waals surface area contributed by atoms with Gasteiger partial charge in [-0.3, -0.25) is 4.79 Å². The van der Waals surface area contributed by atoms with Crippen LogP contribution < -0.4 is 0 Å². The average Bonchev–Trinajstić information content (AvgIpc) is 2.49. The standard InChI is InChI=1S/C16H14Cl2O3/c1-20-16(21-2)9-8-13(19)10-12(16)7-6-11-4-3-5-14(17)15(11)18/h3-10H,1-2H3/b7-6+. The molecule has 0 amide bonds. The number of methoxy groups -OCH3 is 2. The number of benzene rings is 1. The van der Waals surface area contributed by atoms with Gasteiger partial charge in [-0.2, -0.15) is 0 Å². The molecule has 0 saturated heterocycles. The zero-order valence-corrected chi connectivity index (χ0v) is 13.1. The third kappa shape index (κ3) is 3.27. The summed E-state index contributed by atoms with van der Waals surface area (Å²) in [6, 6.07) is 5.34. The Kier molecular flexibility index (Phi) is 5.01. The van der Waals surface area contributed by atoms with Crippen molar-refractivity contribution >= 4 is 35.1 Å². The highest BCUT2D eigenvalue weighted by Crippen LogP contribution is 2.31. The number of carbonyl (C=O) groups excluding carboxylic acids is 1. The van der Waals surface area contributed by atoms with Gasteiger partial charge in [-0.05, 0) is 29.9 Å². The first-order chi connectivity index (χ1) is 10.0. The zero-order valence-electron chi connectivity index (χ0n) is 11.6. The normalized spacial score (nSPS) is 17.3. The van der Waals surface area contributed by atoms with Crippen molar-refractivity contribution in [2.45, 2.75) is 5.79 Å². The van der Waals surface area contributed by atoms with Crippen molar-refractivity contribution in [2.75, 3.05) is 14.2 Å². The molecule has 2 rings (SSSR count). The van der Waals surface area contributed by atoms with Gasteiger partial charge in [0.25, 0.3) is 0 Å². The molecule has 0 unspecified atom stereocenters. The minimum Gasteiger partial charge on any atom is -0.346 e. The Morgan fingerprint density at radius 1 is 1.14 bits per heavy atom. The molecule has 0 radical (unpaired) electrons. The van der Waals surface area contributed by atoms with E-state index >= 15 is 0 Å². The Bertz CT molecular complexity index is 641. The van der Waals surface area contributed by atoms with Gasteiger partial charge >= 0.3 is 0 Å². The summed E-state index contributed by atoms with van der Waals surface area (Å²) < 4.78 is 10.8. The van der Waals surface area contributed by atoms with Gasteiger partial charge in [-0.15, -0.1) is 0 Å². The lowest BCUT2D eigenvalue weighted by atomic mass is 9.97. The molecule has 21 heavy (non-hydrogen) atoms. The topological polar surface area (TPSA) is 35.5 Å². The van der Waals surface area contributed by atoms with Crippen LogP contribution >= 0.6 is 23.2 Å². The Morgan fingerprint density at radius 3 is 2.52 bits per heavy atom. The molecule has 1 aliphatic rings. The van der Waals surface area contributed by atoms with Crippen LogP contribution in [0.3, 0.4) is 0 Å². The lowest BCUT2D eigenvalue weighted by molar-refractivity contribution is -0.142. The van der Waals surface area contributed by atoms with E-state index in [-0.39, 0.29) is 5.78 Å². The zero-order chi connectivity index (χ0) is 15.5. The molecule has 0 N–H and O–H groups in total. The monoisotopic (exact) mass is 324 g/mol. The van der Waals surface area contributed by atoms with Gasteiger partial charge in [0, 0.05) is 19.8 Å². The summed E-state index contributed by atoms with van der Waals surface area (Å²) in [5, 5.41) is 0.922. The lowest BCUT2D eigenvalue weighted by Crippen LogP contribution is -2.35. The molecule has 0 bridgehead atoms. The maximum absolute atomic E-state index is 11.6. The predicted octanol–water partition coefficient (Wildman–Crippen LogP) is 4.06. The van der Waals surface area contributed by atoms with E-state index in [4.69, 9.17) is 32.7 Å². The van der Waals surface area contributed by atoms with Crippen LogP contribution in [0.5, 0.6) is 0 Å². The minimum absolute atomic E-state index is 0.128. The third-order valence-corrected chi connectivity index (χ3v) is 4.03. The number of hydrogen-bond acceptors (Lipinski definition) is 3. The van der Waals surface area contributed by atoms with Crippen LogP contribution in [0.2, 0.25) is 10.0 Å². The van der Waals surface area contributed by atoms with Gasteiger partial charge < -0.3 is 9.47 Å². The Labute approximate surface area is 133 Å². The van der Waals surface area contributed by atoms with Crippen LogP contribution in [-0.2, 0) is 14.3 Å². The van der Waals surface area contributed by atoms with E-state index in [1.165, 1.54) is 26.4 Å². The minimum atomic E-state index is -1.07. The molecule has 1 aromatic carbocycles. The maximum atomic E-state index is 11.6. The van der Waals surface area contributed by atoms with Crippen LogP contribution in [0.1, 0.15) is 5.56 Å². The van der Waals surface area contributed by atoms with Crippen molar-refractivity contribution < 1.29 is 14.3 Å². The number of ether oxygens (including phenoxy) is 2. The van der Waals surface area contributed by atoms with Gasteiger partial charge in [0.1, 0.15) is 0 Å². The first-order valence-electron chi connectivity index (χ1n) is 6.20. The van der Waals surface area contributed by atoms with Crippen molar-refractivity contribution in [2.24, 2.45) is 0 Å². The van der Waals surface area contributed by atoms with Gasteiger partial charge in [-0.1, -0.05) is 47.5 Å². The molecule has 0 heterocycles. The maximum Gasteiger partial charge on any atom is 0.215 e.